The number of amidine groups is 1. The molecule has 0 unspecified atom stereocenters. The van der Waals surface area contributed by atoms with Gasteiger partial charge in [0.15, 0.2) is 5.17 Å². The van der Waals surface area contributed by atoms with Crippen LogP contribution in [0.2, 0.25) is 0 Å². The fourth-order valence-corrected chi connectivity index (χ4v) is 4.60. The summed E-state index contributed by atoms with van der Waals surface area (Å²) in [5.41, 5.74) is 2.62. The number of thioether (sulfide) groups is 1. The lowest BCUT2D eigenvalue weighted by atomic mass is 10.1. The van der Waals surface area contributed by atoms with E-state index in [0.29, 0.717) is 30.4 Å². The average molecular weight is 462 g/mol. The molecule has 3 aromatic rings. The average Bonchev–Trinajstić information content (AvgIpc) is 2.84. The minimum absolute atomic E-state index is 0.0944. The molecule has 7 heteroatoms. The van der Waals surface area contributed by atoms with Crippen LogP contribution < -0.4 is 5.32 Å². The number of aliphatic imine (C=N–C) groups is 1. The van der Waals surface area contributed by atoms with Gasteiger partial charge in [0, 0.05) is 13.0 Å². The fraction of sp³-hybridized carbons (Fsp3) is 0.192. The van der Waals surface area contributed by atoms with Crippen LogP contribution in [0.4, 0.5) is 10.1 Å². The first-order chi connectivity index (χ1) is 16.1. The molecule has 33 heavy (non-hydrogen) atoms. The first-order valence-corrected chi connectivity index (χ1v) is 11.6. The highest BCUT2D eigenvalue weighted by Gasteiger charge is 2.35. The van der Waals surface area contributed by atoms with Crippen molar-refractivity contribution in [3.05, 3.63) is 102 Å². The van der Waals surface area contributed by atoms with E-state index in [-0.39, 0.29) is 24.1 Å². The van der Waals surface area contributed by atoms with Crippen LogP contribution >= 0.6 is 11.8 Å². The van der Waals surface area contributed by atoms with E-state index in [4.69, 9.17) is 0 Å². The van der Waals surface area contributed by atoms with Gasteiger partial charge in [-0.05, 0) is 41.8 Å². The summed E-state index contributed by atoms with van der Waals surface area (Å²) in [7, 11) is 0. The van der Waals surface area contributed by atoms with Crippen molar-refractivity contribution in [3.63, 3.8) is 0 Å². The number of hydrogen-bond acceptors (Lipinski definition) is 4. The number of carbonyl (C=O) groups excluding carboxylic acids is 2. The molecule has 2 amide bonds. The summed E-state index contributed by atoms with van der Waals surface area (Å²) in [5.74, 6) is -0.708. The van der Waals surface area contributed by atoms with Gasteiger partial charge in [-0.15, -0.1) is 0 Å². The Bertz CT molecular complexity index is 1120. The van der Waals surface area contributed by atoms with Gasteiger partial charge in [-0.3, -0.25) is 14.5 Å². The molecule has 0 radical (unpaired) electrons. The van der Waals surface area contributed by atoms with E-state index in [1.165, 1.54) is 23.9 Å². The third kappa shape index (κ3) is 6.29. The maximum Gasteiger partial charge on any atom is 0.234 e. The maximum atomic E-state index is 13.3. The number of hydrogen-bond donors (Lipinski definition) is 1. The number of nitrogens with zero attached hydrogens (tertiary/aromatic N) is 2. The number of benzene rings is 3. The summed E-state index contributed by atoms with van der Waals surface area (Å²) in [6, 6.07) is 25.3. The van der Waals surface area contributed by atoms with Crippen LogP contribution in [0.3, 0.4) is 0 Å². The minimum atomic E-state index is -0.570. The lowest BCUT2D eigenvalue weighted by Gasteiger charge is -2.32. The molecule has 5 nitrogen and oxygen atoms in total. The first kappa shape index (κ1) is 22.7. The Balaban J connectivity index is 1.49. The fourth-order valence-electron chi connectivity index (χ4n) is 3.48. The van der Waals surface area contributed by atoms with Gasteiger partial charge in [-0.1, -0.05) is 72.4 Å². The quantitative estimate of drug-likeness (QED) is 0.555. The van der Waals surface area contributed by atoms with Crippen LogP contribution in [0, 0.1) is 5.82 Å². The maximum absolute atomic E-state index is 13.3. The third-order valence-corrected chi connectivity index (χ3v) is 6.41. The Hall–Kier alpha value is -3.45. The Labute approximate surface area is 196 Å². The monoisotopic (exact) mass is 461 g/mol. The number of amides is 2. The second kappa shape index (κ2) is 10.9. The van der Waals surface area contributed by atoms with Crippen LogP contribution in [0.1, 0.15) is 17.5 Å². The van der Waals surface area contributed by atoms with Gasteiger partial charge in [-0.2, -0.15) is 0 Å². The second-order valence-corrected chi connectivity index (χ2v) is 8.84. The van der Waals surface area contributed by atoms with Gasteiger partial charge in [0.1, 0.15) is 5.82 Å². The van der Waals surface area contributed by atoms with Crippen LogP contribution in [0.5, 0.6) is 0 Å². The third-order valence-electron chi connectivity index (χ3n) is 5.22. The second-order valence-electron chi connectivity index (χ2n) is 7.67. The molecular weight excluding hydrogens is 437 g/mol. The molecule has 0 bridgehead atoms. The van der Waals surface area contributed by atoms with Crippen LogP contribution in [-0.4, -0.2) is 33.7 Å². The van der Waals surface area contributed by atoms with Crippen LogP contribution in [-0.2, 0) is 22.6 Å². The summed E-state index contributed by atoms with van der Waals surface area (Å²) in [5, 5.41) is 2.81. The van der Waals surface area contributed by atoms with Crippen molar-refractivity contribution in [2.24, 2.45) is 4.99 Å². The predicted octanol–water partition coefficient (Wildman–Crippen LogP) is 4.71. The van der Waals surface area contributed by atoms with E-state index >= 15 is 0 Å². The van der Waals surface area contributed by atoms with Gasteiger partial charge in [0.25, 0.3) is 0 Å². The van der Waals surface area contributed by atoms with Gasteiger partial charge in [0.05, 0.1) is 17.5 Å². The van der Waals surface area contributed by atoms with Crippen molar-refractivity contribution < 1.29 is 14.0 Å². The lowest BCUT2D eigenvalue weighted by molar-refractivity contribution is -0.130. The molecule has 1 saturated heterocycles. The molecule has 1 atom stereocenters. The van der Waals surface area contributed by atoms with Crippen LogP contribution in [0.15, 0.2) is 89.9 Å². The standard InChI is InChI=1S/C26H24FN3O2S/c27-21-11-13-22(14-12-21)29-26-30(18-20-9-5-2-6-10-20)24(31)17-23(33-26)25(32)28-16-15-19-7-3-1-4-8-19/h1-14,23H,15-18H2,(H,28,32)/t23-/m0/s1. The minimum Gasteiger partial charge on any atom is -0.355 e. The smallest absolute Gasteiger partial charge is 0.234 e. The molecule has 3 aromatic carbocycles. The summed E-state index contributed by atoms with van der Waals surface area (Å²) in [6.45, 7) is 0.849. The van der Waals surface area contributed by atoms with E-state index in [2.05, 4.69) is 10.3 Å². The van der Waals surface area contributed by atoms with Crippen molar-refractivity contribution in [1.82, 2.24) is 10.2 Å². The molecule has 168 valence electrons. The topological polar surface area (TPSA) is 61.8 Å². The first-order valence-electron chi connectivity index (χ1n) is 10.8. The number of nitrogens with one attached hydrogen (secondary N) is 1. The van der Waals surface area contributed by atoms with Crippen LogP contribution in [0.25, 0.3) is 0 Å². The zero-order valence-electron chi connectivity index (χ0n) is 18.0. The molecule has 1 aliphatic rings. The molecule has 1 fully saturated rings. The van der Waals surface area contributed by atoms with Gasteiger partial charge < -0.3 is 5.32 Å². The Kier molecular flexibility index (Phi) is 7.52. The van der Waals surface area contributed by atoms with E-state index in [1.807, 2.05) is 60.7 Å². The largest absolute Gasteiger partial charge is 0.355 e. The number of rotatable bonds is 7. The summed E-state index contributed by atoms with van der Waals surface area (Å²) in [6.07, 6.45) is 0.811. The molecule has 0 saturated carbocycles. The molecule has 4 rings (SSSR count). The SMILES string of the molecule is O=C(NCCc1ccccc1)[C@@H]1CC(=O)N(Cc2ccccc2)C(=Nc2ccc(F)cc2)S1. The molecule has 1 aliphatic heterocycles. The zero-order chi connectivity index (χ0) is 23.0. The number of halogens is 1. The van der Waals surface area contributed by atoms with Gasteiger partial charge >= 0.3 is 0 Å². The van der Waals surface area contributed by atoms with Crippen molar-refractivity contribution in [3.8, 4) is 0 Å². The predicted molar refractivity (Wildman–Crippen MR) is 130 cm³/mol. The molecule has 0 aromatic heterocycles. The van der Waals surface area contributed by atoms with E-state index in [0.717, 1.165) is 11.1 Å². The summed E-state index contributed by atoms with van der Waals surface area (Å²) >= 11 is 1.27. The van der Waals surface area contributed by atoms with Crippen molar-refractivity contribution >= 4 is 34.4 Å². The highest BCUT2D eigenvalue weighted by Crippen LogP contribution is 2.30. The van der Waals surface area contributed by atoms with Crippen molar-refractivity contribution in [2.75, 3.05) is 6.54 Å². The highest BCUT2D eigenvalue weighted by molar-refractivity contribution is 8.15. The Morgan fingerprint density at radius 2 is 1.61 bits per heavy atom. The Morgan fingerprint density at radius 3 is 2.27 bits per heavy atom. The normalized spacial score (nSPS) is 17.2. The van der Waals surface area contributed by atoms with E-state index in [1.54, 1.807) is 17.0 Å². The van der Waals surface area contributed by atoms with Gasteiger partial charge in [-0.25, -0.2) is 9.38 Å². The summed E-state index contributed by atoms with van der Waals surface area (Å²) < 4.78 is 13.3. The molecule has 1 N–H and O–H groups in total. The Morgan fingerprint density at radius 1 is 0.970 bits per heavy atom. The highest BCUT2D eigenvalue weighted by atomic mass is 32.2. The van der Waals surface area contributed by atoms with E-state index in [9.17, 15) is 14.0 Å². The molecular formula is C26H24FN3O2S. The van der Waals surface area contributed by atoms with E-state index < -0.39 is 5.25 Å². The molecule has 0 spiro atoms. The van der Waals surface area contributed by atoms with Crippen molar-refractivity contribution in [1.29, 1.82) is 0 Å². The van der Waals surface area contributed by atoms with Gasteiger partial charge in [0.2, 0.25) is 11.8 Å². The summed E-state index contributed by atoms with van der Waals surface area (Å²) in [4.78, 5) is 32.1. The van der Waals surface area contributed by atoms with Crippen molar-refractivity contribution in [2.45, 2.75) is 24.6 Å². The zero-order valence-corrected chi connectivity index (χ0v) is 18.8. The molecule has 1 heterocycles. The number of carbonyl (C=O) groups is 2. The molecule has 0 aliphatic carbocycles. The lowest BCUT2D eigenvalue weighted by Crippen LogP contribution is -2.46.